The van der Waals surface area contributed by atoms with E-state index in [2.05, 4.69) is 15.6 Å². The number of aromatic nitrogens is 1. The zero-order valence-corrected chi connectivity index (χ0v) is 20.9. The van der Waals surface area contributed by atoms with Crippen molar-refractivity contribution >= 4 is 34.6 Å². The van der Waals surface area contributed by atoms with E-state index >= 15 is 0 Å². The molecule has 2 aliphatic rings. The van der Waals surface area contributed by atoms with Gasteiger partial charge in [0.05, 0.1) is 6.04 Å². The average Bonchev–Trinajstić information content (AvgIpc) is 3.41. The van der Waals surface area contributed by atoms with Gasteiger partial charge in [-0.2, -0.15) is 0 Å². The summed E-state index contributed by atoms with van der Waals surface area (Å²) >= 11 is 0. The number of hydrogen-bond acceptors (Lipinski definition) is 4. The number of benzene rings is 2. The Hall–Kier alpha value is -4.14. The van der Waals surface area contributed by atoms with Crippen molar-refractivity contribution in [3.05, 3.63) is 70.9 Å². The van der Waals surface area contributed by atoms with Gasteiger partial charge in [0.2, 0.25) is 11.8 Å². The van der Waals surface area contributed by atoms with E-state index in [1.807, 2.05) is 56.3 Å². The Kier molecular flexibility index (Phi) is 6.23. The summed E-state index contributed by atoms with van der Waals surface area (Å²) in [5, 5.41) is 15.6. The molecule has 0 spiro atoms. The molecule has 0 fully saturated rings. The minimum atomic E-state index is -1.16. The fourth-order valence-electron chi connectivity index (χ4n) is 5.45. The first-order chi connectivity index (χ1) is 17.7. The normalized spacial score (nSPS) is 20.4. The molecule has 0 radical (unpaired) electrons. The van der Waals surface area contributed by atoms with Crippen LogP contribution in [0.25, 0.3) is 10.9 Å². The van der Waals surface area contributed by atoms with Gasteiger partial charge in [0.15, 0.2) is 0 Å². The number of amides is 3. The quantitative estimate of drug-likeness (QED) is 0.395. The number of fused-ring (bicyclic) bond motifs is 7. The smallest absolute Gasteiger partial charge is 0.325 e. The molecular formula is C28H30N4O5. The van der Waals surface area contributed by atoms with Crippen LogP contribution in [0.1, 0.15) is 60.4 Å². The third-order valence-corrected chi connectivity index (χ3v) is 7.68. The van der Waals surface area contributed by atoms with Crippen LogP contribution in [-0.2, 0) is 20.8 Å². The number of para-hydroxylation sites is 1. The van der Waals surface area contributed by atoms with E-state index in [4.69, 9.17) is 0 Å². The third-order valence-electron chi connectivity index (χ3n) is 7.68. The number of H-pyrrole nitrogens is 1. The van der Waals surface area contributed by atoms with Crippen LogP contribution in [0.4, 0.5) is 0 Å². The summed E-state index contributed by atoms with van der Waals surface area (Å²) in [6.07, 6.45) is 0.884. The monoisotopic (exact) mass is 502 g/mol. The van der Waals surface area contributed by atoms with E-state index in [1.54, 1.807) is 11.0 Å². The molecular weight excluding hydrogens is 472 g/mol. The van der Waals surface area contributed by atoms with E-state index in [0.29, 0.717) is 18.4 Å². The number of hydrogen-bond donors (Lipinski definition) is 4. The molecule has 1 aromatic heterocycles. The molecule has 9 nitrogen and oxygen atoms in total. The number of nitrogens with one attached hydrogen (secondary N) is 3. The molecule has 9 heteroatoms. The lowest BCUT2D eigenvalue weighted by molar-refractivity contribution is -0.142. The summed E-state index contributed by atoms with van der Waals surface area (Å²) in [5.74, 6) is -2.64. The fraction of sp³-hybridized carbons (Fsp3) is 0.357. The number of rotatable bonds is 7. The van der Waals surface area contributed by atoms with Gasteiger partial charge < -0.3 is 25.6 Å². The maximum atomic E-state index is 13.8. The van der Waals surface area contributed by atoms with E-state index in [0.717, 1.165) is 27.7 Å². The molecule has 2 aliphatic heterocycles. The number of aromatic amines is 1. The highest BCUT2D eigenvalue weighted by molar-refractivity contribution is 6.04. The molecule has 0 bridgehead atoms. The summed E-state index contributed by atoms with van der Waals surface area (Å²) in [5.41, 5.74) is 4.21. The SMILES string of the molecule is CC[C@H](C)[C@H](NC(=O)[C@@H]1Cc2c([nH]c3ccccc23)[C@H]2c3ccccc3C(=O)N21)C(=O)N[C@@H](C)C(=O)O. The van der Waals surface area contributed by atoms with Gasteiger partial charge in [-0.3, -0.25) is 19.2 Å². The lowest BCUT2D eigenvalue weighted by atomic mass is 9.89. The number of carbonyl (C=O) groups is 4. The van der Waals surface area contributed by atoms with Crippen molar-refractivity contribution in [2.75, 3.05) is 0 Å². The molecule has 5 rings (SSSR count). The Labute approximate surface area is 214 Å². The summed E-state index contributed by atoms with van der Waals surface area (Å²) in [7, 11) is 0. The molecule has 0 saturated heterocycles. The van der Waals surface area contributed by atoms with E-state index in [1.165, 1.54) is 6.92 Å². The molecule has 192 valence electrons. The van der Waals surface area contributed by atoms with E-state index < -0.39 is 42.0 Å². The van der Waals surface area contributed by atoms with Gasteiger partial charge in [0, 0.05) is 28.6 Å². The van der Waals surface area contributed by atoms with Crippen LogP contribution in [0.2, 0.25) is 0 Å². The molecule has 0 unspecified atom stereocenters. The van der Waals surface area contributed by atoms with Gasteiger partial charge in [-0.05, 0) is 36.1 Å². The average molecular weight is 503 g/mol. The molecule has 3 amide bonds. The standard InChI is InChI=1S/C28H30N4O5/c1-4-14(2)22(26(34)29-15(3)28(36)37)31-25(33)21-13-19-16-9-7-8-12-20(16)30-23(19)24-17-10-5-6-11-18(17)27(35)32(21)24/h5-12,14-15,21-22,24,30H,4,13H2,1-3H3,(H,29,34)(H,31,33)(H,36,37)/t14-,15-,21-,22-,24+/m0/s1. The Balaban J connectivity index is 1.53. The number of aliphatic carboxylic acids is 1. The van der Waals surface area contributed by atoms with Crippen LogP contribution in [0.5, 0.6) is 0 Å². The van der Waals surface area contributed by atoms with Crippen LogP contribution >= 0.6 is 0 Å². The van der Waals surface area contributed by atoms with Gasteiger partial charge in [0.1, 0.15) is 18.1 Å². The maximum Gasteiger partial charge on any atom is 0.325 e. The molecule has 3 heterocycles. The number of carboxylic acid groups (broad SMARTS) is 1. The van der Waals surface area contributed by atoms with Crippen LogP contribution in [0, 0.1) is 5.92 Å². The van der Waals surface area contributed by atoms with Gasteiger partial charge in [-0.25, -0.2) is 0 Å². The van der Waals surface area contributed by atoms with Crippen molar-refractivity contribution in [2.24, 2.45) is 5.92 Å². The highest BCUT2D eigenvalue weighted by atomic mass is 16.4. The van der Waals surface area contributed by atoms with E-state index in [-0.39, 0.29) is 11.8 Å². The molecule has 0 saturated carbocycles. The number of carboxylic acids is 1. The number of carbonyl (C=O) groups excluding carboxylic acids is 3. The van der Waals surface area contributed by atoms with Gasteiger partial charge in [0.25, 0.3) is 5.91 Å². The zero-order valence-electron chi connectivity index (χ0n) is 20.9. The molecule has 4 N–H and O–H groups in total. The third kappa shape index (κ3) is 4.04. The predicted molar refractivity (Wildman–Crippen MR) is 137 cm³/mol. The summed E-state index contributed by atoms with van der Waals surface area (Å²) < 4.78 is 0. The summed E-state index contributed by atoms with van der Waals surface area (Å²) in [6, 6.07) is 11.9. The molecule has 0 aliphatic carbocycles. The lowest BCUT2D eigenvalue weighted by Crippen LogP contribution is -2.59. The topological polar surface area (TPSA) is 132 Å². The first-order valence-corrected chi connectivity index (χ1v) is 12.6. The van der Waals surface area contributed by atoms with Crippen molar-refractivity contribution in [3.63, 3.8) is 0 Å². The van der Waals surface area contributed by atoms with Crippen LogP contribution in [0.15, 0.2) is 48.5 Å². The molecule has 3 aromatic rings. The van der Waals surface area contributed by atoms with Crippen molar-refractivity contribution in [2.45, 2.75) is 57.8 Å². The number of nitrogens with zero attached hydrogens (tertiary/aromatic N) is 1. The van der Waals surface area contributed by atoms with Crippen molar-refractivity contribution in [3.8, 4) is 0 Å². The second-order valence-corrected chi connectivity index (χ2v) is 9.93. The Morgan fingerprint density at radius 1 is 1.08 bits per heavy atom. The minimum absolute atomic E-state index is 0.228. The second kappa shape index (κ2) is 9.38. The van der Waals surface area contributed by atoms with Crippen molar-refractivity contribution in [1.82, 2.24) is 20.5 Å². The highest BCUT2D eigenvalue weighted by Crippen LogP contribution is 2.46. The zero-order chi connectivity index (χ0) is 26.4. The lowest BCUT2D eigenvalue weighted by Gasteiger charge is -2.38. The molecule has 2 aromatic carbocycles. The summed E-state index contributed by atoms with van der Waals surface area (Å²) in [4.78, 5) is 56.8. The first-order valence-electron chi connectivity index (χ1n) is 12.6. The van der Waals surface area contributed by atoms with Crippen LogP contribution < -0.4 is 10.6 Å². The second-order valence-electron chi connectivity index (χ2n) is 9.93. The molecule has 37 heavy (non-hydrogen) atoms. The maximum absolute atomic E-state index is 13.8. The van der Waals surface area contributed by atoms with Crippen molar-refractivity contribution < 1.29 is 24.3 Å². The Morgan fingerprint density at radius 2 is 1.78 bits per heavy atom. The van der Waals surface area contributed by atoms with Crippen molar-refractivity contribution in [1.29, 1.82) is 0 Å². The van der Waals surface area contributed by atoms with E-state index in [9.17, 15) is 24.3 Å². The molecule has 5 atom stereocenters. The highest BCUT2D eigenvalue weighted by Gasteiger charge is 2.49. The fourth-order valence-corrected chi connectivity index (χ4v) is 5.45. The predicted octanol–water partition coefficient (Wildman–Crippen LogP) is 2.76. The van der Waals surface area contributed by atoms with Gasteiger partial charge in [-0.1, -0.05) is 56.7 Å². The van der Waals surface area contributed by atoms with Gasteiger partial charge >= 0.3 is 5.97 Å². The summed E-state index contributed by atoms with van der Waals surface area (Å²) in [6.45, 7) is 5.10. The van der Waals surface area contributed by atoms with Crippen LogP contribution in [0.3, 0.4) is 0 Å². The Bertz CT molecular complexity index is 1410. The largest absolute Gasteiger partial charge is 0.480 e. The van der Waals surface area contributed by atoms with Gasteiger partial charge in [-0.15, -0.1) is 0 Å². The Morgan fingerprint density at radius 3 is 2.51 bits per heavy atom. The van der Waals surface area contributed by atoms with Crippen LogP contribution in [-0.4, -0.2) is 56.8 Å². The minimum Gasteiger partial charge on any atom is -0.480 e. The first kappa shape index (κ1) is 24.5.